The zero-order chi connectivity index (χ0) is 19.9. The van der Waals surface area contributed by atoms with Crippen molar-refractivity contribution >= 4 is 17.6 Å². The number of hydrogen-bond donors (Lipinski definition) is 2. The van der Waals surface area contributed by atoms with Gasteiger partial charge in [0.05, 0.1) is 18.5 Å². The number of fused-ring (bicyclic) bond motifs is 1. The number of hydrogen-bond acceptors (Lipinski definition) is 5. The molecule has 1 aliphatic heterocycles. The lowest BCUT2D eigenvalue weighted by atomic mass is 9.92. The van der Waals surface area contributed by atoms with Crippen LogP contribution in [-0.4, -0.2) is 18.3 Å². The van der Waals surface area contributed by atoms with E-state index < -0.39 is 6.03 Å². The van der Waals surface area contributed by atoms with Crippen LogP contribution in [-0.2, 0) is 5.41 Å². The van der Waals surface area contributed by atoms with E-state index in [1.165, 1.54) is 0 Å². The highest BCUT2D eigenvalue weighted by Crippen LogP contribution is 2.54. The summed E-state index contributed by atoms with van der Waals surface area (Å²) in [4.78, 5) is 12.5. The minimum Gasteiger partial charge on any atom is -0.497 e. The Kier molecular flexibility index (Phi) is 4.22. The van der Waals surface area contributed by atoms with Crippen LogP contribution in [0, 0.1) is 0 Å². The molecule has 0 saturated heterocycles. The van der Waals surface area contributed by atoms with Crippen LogP contribution in [0.3, 0.4) is 0 Å². The van der Waals surface area contributed by atoms with Crippen molar-refractivity contribution in [3.8, 4) is 28.4 Å². The van der Waals surface area contributed by atoms with Crippen LogP contribution in [0.1, 0.15) is 26.5 Å². The van der Waals surface area contributed by atoms with Gasteiger partial charge in [-0.2, -0.15) is 0 Å². The molecule has 0 unspecified atom stereocenters. The lowest BCUT2D eigenvalue weighted by Gasteiger charge is -2.12. The molecule has 7 nitrogen and oxygen atoms in total. The van der Waals surface area contributed by atoms with E-state index in [1.54, 1.807) is 13.2 Å². The fourth-order valence-corrected chi connectivity index (χ4v) is 2.81. The van der Waals surface area contributed by atoms with Crippen LogP contribution in [0.15, 0.2) is 47.0 Å². The number of nitrogens with zero attached hydrogens (tertiary/aromatic N) is 1. The number of aromatic nitrogens is 1. The lowest BCUT2D eigenvalue weighted by molar-refractivity contribution is 0.261. The average Bonchev–Trinajstić information content (AvgIpc) is 3.30. The molecule has 0 spiro atoms. The van der Waals surface area contributed by atoms with Gasteiger partial charge in [-0.05, 0) is 29.8 Å². The van der Waals surface area contributed by atoms with Crippen LogP contribution in [0.25, 0.3) is 11.1 Å². The van der Waals surface area contributed by atoms with E-state index in [2.05, 4.69) is 15.8 Å². The van der Waals surface area contributed by atoms with E-state index in [-0.39, 0.29) is 11.3 Å². The van der Waals surface area contributed by atoms with Crippen molar-refractivity contribution in [1.82, 2.24) is 5.16 Å². The lowest BCUT2D eigenvalue weighted by Crippen LogP contribution is -2.19. The van der Waals surface area contributed by atoms with Gasteiger partial charge in [-0.1, -0.05) is 38.1 Å². The predicted octanol–water partition coefficient (Wildman–Crippen LogP) is 5.40. The number of amides is 2. The number of urea groups is 1. The van der Waals surface area contributed by atoms with E-state index in [4.69, 9.17) is 14.0 Å². The molecule has 3 aromatic rings. The first-order valence-electron chi connectivity index (χ1n) is 8.89. The molecule has 0 fully saturated rings. The van der Waals surface area contributed by atoms with Gasteiger partial charge in [0.2, 0.25) is 5.88 Å². The molecule has 1 aromatic heterocycles. The summed E-state index contributed by atoms with van der Waals surface area (Å²) in [5, 5.41) is 9.54. The Labute approximate surface area is 162 Å². The van der Waals surface area contributed by atoms with Gasteiger partial charge in [0, 0.05) is 17.0 Å². The largest absolute Gasteiger partial charge is 0.497 e. The monoisotopic (exact) mass is 379 g/mol. The maximum Gasteiger partial charge on any atom is 0.326 e. The second kappa shape index (κ2) is 6.60. The Morgan fingerprint density at radius 3 is 2.46 bits per heavy atom. The van der Waals surface area contributed by atoms with E-state index >= 15 is 0 Å². The first-order chi connectivity index (χ1) is 13.3. The molecule has 2 N–H and O–H groups in total. The highest BCUT2D eigenvalue weighted by molar-refractivity contribution is 6.04. The molecule has 7 heteroatoms. The molecule has 0 radical (unpaired) electrons. The van der Waals surface area contributed by atoms with Crippen LogP contribution in [0.2, 0.25) is 0 Å². The van der Waals surface area contributed by atoms with E-state index in [1.807, 2.05) is 57.2 Å². The molecule has 0 saturated carbocycles. The van der Waals surface area contributed by atoms with Gasteiger partial charge in [0.1, 0.15) is 5.75 Å². The van der Waals surface area contributed by atoms with E-state index in [0.717, 1.165) is 28.3 Å². The number of ether oxygens (including phenoxy) is 2. The third kappa shape index (κ3) is 3.51. The summed E-state index contributed by atoms with van der Waals surface area (Å²) in [7, 11) is 1.62. The molecule has 2 aromatic carbocycles. The molecular weight excluding hydrogens is 358 g/mol. The first kappa shape index (κ1) is 17.9. The Bertz CT molecular complexity index is 1030. The molecular formula is C21H21N3O4. The fourth-order valence-electron chi connectivity index (χ4n) is 2.81. The number of carbonyl (C=O) groups is 1. The topological polar surface area (TPSA) is 88.9 Å². The van der Waals surface area contributed by atoms with Crippen LogP contribution >= 0.6 is 0 Å². The molecule has 2 amide bonds. The number of rotatable bonds is 4. The third-order valence-electron chi connectivity index (χ3n) is 4.45. The van der Waals surface area contributed by atoms with Crippen LogP contribution in [0.4, 0.5) is 16.4 Å². The highest BCUT2D eigenvalue weighted by atomic mass is 16.6. The summed E-state index contributed by atoms with van der Waals surface area (Å²) in [5.74, 6) is 2.46. The summed E-state index contributed by atoms with van der Waals surface area (Å²) >= 11 is 0. The molecule has 1 aliphatic rings. The normalized spacial score (nSPS) is 12.0. The summed E-state index contributed by atoms with van der Waals surface area (Å²) in [6, 6.07) is 12.7. The average molecular weight is 379 g/mol. The maximum absolute atomic E-state index is 12.5. The quantitative estimate of drug-likeness (QED) is 0.464. The van der Waals surface area contributed by atoms with Crippen molar-refractivity contribution in [2.24, 2.45) is 0 Å². The van der Waals surface area contributed by atoms with Gasteiger partial charge in [-0.25, -0.2) is 4.79 Å². The standard InChI is InChI=1S/C21H21N3O4/c1-21(2,3)16-11-17(28-24-16)22-20(25)23-18-14(9-10-15-19(18)27-15)12-5-7-13(26-4)8-6-12/h5-11H,1-4H3,(H2,22,23,25). The van der Waals surface area contributed by atoms with Crippen molar-refractivity contribution in [3.05, 3.63) is 48.2 Å². The highest BCUT2D eigenvalue weighted by Gasteiger charge is 2.29. The molecule has 0 bridgehead atoms. The first-order valence-corrected chi connectivity index (χ1v) is 8.89. The molecule has 4 rings (SSSR count). The molecule has 0 aliphatic carbocycles. The van der Waals surface area contributed by atoms with Gasteiger partial charge in [-0.3, -0.25) is 5.32 Å². The molecule has 2 heterocycles. The van der Waals surface area contributed by atoms with E-state index in [9.17, 15) is 4.79 Å². The minimum absolute atomic E-state index is 0.167. The summed E-state index contributed by atoms with van der Waals surface area (Å²) in [6.07, 6.45) is 0. The van der Waals surface area contributed by atoms with Crippen molar-refractivity contribution in [2.45, 2.75) is 26.2 Å². The van der Waals surface area contributed by atoms with Crippen molar-refractivity contribution in [3.63, 3.8) is 0 Å². The SMILES string of the molecule is COc1ccc(-c2ccc3c(c2NC(=O)Nc2cc(C(C)(C)C)no2)O3)cc1. The number of methoxy groups -OCH3 is 1. The van der Waals surface area contributed by atoms with Crippen LogP contribution in [0.5, 0.6) is 17.2 Å². The molecule has 28 heavy (non-hydrogen) atoms. The van der Waals surface area contributed by atoms with Crippen molar-refractivity contribution < 1.29 is 18.8 Å². The van der Waals surface area contributed by atoms with Crippen molar-refractivity contribution in [2.75, 3.05) is 17.7 Å². The van der Waals surface area contributed by atoms with Crippen molar-refractivity contribution in [1.29, 1.82) is 0 Å². The van der Waals surface area contributed by atoms with Gasteiger partial charge in [0.15, 0.2) is 11.5 Å². The van der Waals surface area contributed by atoms with Gasteiger partial charge < -0.3 is 19.3 Å². The summed E-state index contributed by atoms with van der Waals surface area (Å²) in [6.45, 7) is 6.06. The third-order valence-corrected chi connectivity index (χ3v) is 4.45. The smallest absolute Gasteiger partial charge is 0.326 e. The zero-order valence-electron chi connectivity index (χ0n) is 16.1. The maximum atomic E-state index is 12.5. The zero-order valence-corrected chi connectivity index (χ0v) is 16.1. The number of benzene rings is 2. The molecule has 144 valence electrons. The van der Waals surface area contributed by atoms with Gasteiger partial charge in [-0.15, -0.1) is 0 Å². The Hall–Kier alpha value is -3.48. The summed E-state index contributed by atoms with van der Waals surface area (Å²) < 4.78 is 15.9. The minimum atomic E-state index is -0.435. The fraction of sp³-hybridized carbons (Fsp3) is 0.238. The van der Waals surface area contributed by atoms with E-state index in [0.29, 0.717) is 11.4 Å². The number of nitrogens with one attached hydrogen (secondary N) is 2. The predicted molar refractivity (Wildman–Crippen MR) is 106 cm³/mol. The molecule has 0 atom stereocenters. The Balaban J connectivity index is 1.55. The van der Waals surface area contributed by atoms with Gasteiger partial charge in [0.25, 0.3) is 0 Å². The Morgan fingerprint density at radius 1 is 1.07 bits per heavy atom. The van der Waals surface area contributed by atoms with Crippen LogP contribution < -0.4 is 20.1 Å². The second-order valence-corrected chi connectivity index (χ2v) is 7.55. The Morgan fingerprint density at radius 2 is 1.82 bits per heavy atom. The van der Waals surface area contributed by atoms with Gasteiger partial charge >= 0.3 is 6.03 Å². The number of carbonyl (C=O) groups excluding carboxylic acids is 1. The summed E-state index contributed by atoms with van der Waals surface area (Å²) in [5.41, 5.74) is 2.98. The number of anilines is 2. The second-order valence-electron chi connectivity index (χ2n) is 7.55.